The molecule has 2 aliphatic rings. The van der Waals surface area contributed by atoms with Crippen LogP contribution in [0.3, 0.4) is 0 Å². The van der Waals surface area contributed by atoms with E-state index < -0.39 is 0 Å². The number of amides is 1. The number of likely N-dealkylation sites (tertiary alicyclic amines) is 1. The molecule has 2 heterocycles. The van der Waals surface area contributed by atoms with Crippen molar-refractivity contribution in [2.45, 2.75) is 39.0 Å². The van der Waals surface area contributed by atoms with Gasteiger partial charge in [0.1, 0.15) is 0 Å². The fourth-order valence-corrected chi connectivity index (χ4v) is 3.02. The molecule has 4 heteroatoms. The van der Waals surface area contributed by atoms with E-state index in [0.717, 1.165) is 38.5 Å². The van der Waals surface area contributed by atoms with Crippen LogP contribution in [0.4, 0.5) is 0 Å². The minimum Gasteiger partial charge on any atom is -0.355 e. The zero-order valence-electron chi connectivity index (χ0n) is 12.3. The average Bonchev–Trinajstić information content (AvgIpc) is 2.92. The van der Waals surface area contributed by atoms with Crippen molar-refractivity contribution in [1.82, 2.24) is 15.5 Å². The maximum atomic E-state index is 11.7. The van der Waals surface area contributed by atoms with E-state index in [1.807, 2.05) is 0 Å². The van der Waals surface area contributed by atoms with Gasteiger partial charge in [-0.1, -0.05) is 6.92 Å². The van der Waals surface area contributed by atoms with Gasteiger partial charge in [0, 0.05) is 19.5 Å². The molecular formula is C15H29N3O. The first-order chi connectivity index (χ1) is 9.24. The average molecular weight is 267 g/mol. The van der Waals surface area contributed by atoms with E-state index in [1.54, 1.807) is 0 Å². The number of rotatable bonds is 6. The summed E-state index contributed by atoms with van der Waals surface area (Å²) in [5.41, 5.74) is 0. The van der Waals surface area contributed by atoms with E-state index in [4.69, 9.17) is 0 Å². The monoisotopic (exact) mass is 267 g/mol. The Morgan fingerprint density at radius 2 is 2.11 bits per heavy atom. The first-order valence-corrected chi connectivity index (χ1v) is 7.94. The Kier molecular flexibility index (Phi) is 6.11. The number of nitrogens with zero attached hydrogens (tertiary/aromatic N) is 1. The number of hydrogen-bond donors (Lipinski definition) is 2. The molecule has 2 saturated heterocycles. The first kappa shape index (κ1) is 14.8. The predicted molar refractivity (Wildman–Crippen MR) is 78.1 cm³/mol. The Labute approximate surface area is 117 Å². The molecule has 2 fully saturated rings. The zero-order chi connectivity index (χ0) is 13.5. The molecule has 0 saturated carbocycles. The summed E-state index contributed by atoms with van der Waals surface area (Å²) >= 11 is 0. The van der Waals surface area contributed by atoms with Gasteiger partial charge in [0.15, 0.2) is 0 Å². The summed E-state index contributed by atoms with van der Waals surface area (Å²) in [6, 6.07) is 0. The maximum absolute atomic E-state index is 11.7. The Balaban J connectivity index is 1.49. The lowest BCUT2D eigenvalue weighted by molar-refractivity contribution is -0.121. The van der Waals surface area contributed by atoms with Gasteiger partial charge >= 0.3 is 0 Å². The number of carbonyl (C=O) groups is 1. The van der Waals surface area contributed by atoms with Crippen LogP contribution in [0.25, 0.3) is 0 Å². The third-order valence-corrected chi connectivity index (χ3v) is 4.57. The number of hydrogen-bond acceptors (Lipinski definition) is 3. The van der Waals surface area contributed by atoms with Crippen LogP contribution in [-0.2, 0) is 4.79 Å². The number of piperidine rings is 1. The van der Waals surface area contributed by atoms with Gasteiger partial charge in [-0.2, -0.15) is 0 Å². The highest BCUT2D eigenvalue weighted by Crippen LogP contribution is 2.15. The molecular weight excluding hydrogens is 238 g/mol. The van der Waals surface area contributed by atoms with Crippen LogP contribution in [0.1, 0.15) is 39.0 Å². The fraction of sp³-hybridized carbons (Fsp3) is 0.933. The highest BCUT2D eigenvalue weighted by molar-refractivity contribution is 5.75. The van der Waals surface area contributed by atoms with Gasteiger partial charge in [0.05, 0.1) is 0 Å². The zero-order valence-corrected chi connectivity index (χ0v) is 12.3. The van der Waals surface area contributed by atoms with Crippen molar-refractivity contribution in [2.24, 2.45) is 11.8 Å². The molecule has 0 aromatic rings. The molecule has 0 bridgehead atoms. The third-order valence-electron chi connectivity index (χ3n) is 4.57. The Morgan fingerprint density at radius 3 is 2.79 bits per heavy atom. The first-order valence-electron chi connectivity index (χ1n) is 7.94. The van der Waals surface area contributed by atoms with Crippen molar-refractivity contribution >= 4 is 5.91 Å². The van der Waals surface area contributed by atoms with Gasteiger partial charge in [-0.05, 0) is 63.7 Å². The summed E-state index contributed by atoms with van der Waals surface area (Å²) < 4.78 is 0. The van der Waals surface area contributed by atoms with Crippen molar-refractivity contribution < 1.29 is 4.79 Å². The fourth-order valence-electron chi connectivity index (χ4n) is 3.02. The van der Waals surface area contributed by atoms with Gasteiger partial charge < -0.3 is 15.5 Å². The second-order valence-electron chi connectivity index (χ2n) is 6.27. The van der Waals surface area contributed by atoms with E-state index in [1.165, 1.54) is 32.4 Å². The summed E-state index contributed by atoms with van der Waals surface area (Å²) in [4.78, 5) is 14.2. The molecule has 1 amide bonds. The molecule has 0 radical (unpaired) electrons. The molecule has 4 nitrogen and oxygen atoms in total. The van der Waals surface area contributed by atoms with Crippen LogP contribution < -0.4 is 10.6 Å². The van der Waals surface area contributed by atoms with Gasteiger partial charge in [0.2, 0.25) is 5.91 Å². The summed E-state index contributed by atoms with van der Waals surface area (Å²) in [6.45, 7) is 8.78. The number of carbonyl (C=O) groups excluding carboxylic acids is 1. The highest BCUT2D eigenvalue weighted by atomic mass is 16.1. The Hall–Kier alpha value is -0.610. The molecule has 0 aromatic carbocycles. The highest BCUT2D eigenvalue weighted by Gasteiger charge is 2.17. The van der Waals surface area contributed by atoms with E-state index in [2.05, 4.69) is 22.5 Å². The van der Waals surface area contributed by atoms with Gasteiger partial charge in [-0.3, -0.25) is 4.79 Å². The van der Waals surface area contributed by atoms with E-state index in [-0.39, 0.29) is 5.91 Å². The summed E-state index contributed by atoms with van der Waals surface area (Å²) in [7, 11) is 0. The molecule has 1 unspecified atom stereocenters. The second-order valence-corrected chi connectivity index (χ2v) is 6.27. The molecule has 2 aliphatic heterocycles. The predicted octanol–water partition coefficient (Wildman–Crippen LogP) is 1.22. The maximum Gasteiger partial charge on any atom is 0.220 e. The molecule has 2 N–H and O–H groups in total. The van der Waals surface area contributed by atoms with Gasteiger partial charge in [-0.25, -0.2) is 0 Å². The summed E-state index contributed by atoms with van der Waals surface area (Å²) in [5, 5.41) is 6.41. The summed E-state index contributed by atoms with van der Waals surface area (Å²) in [6.07, 6.45) is 5.59. The summed E-state index contributed by atoms with van der Waals surface area (Å²) in [5.74, 6) is 1.83. The van der Waals surface area contributed by atoms with Crippen molar-refractivity contribution in [1.29, 1.82) is 0 Å². The van der Waals surface area contributed by atoms with Crippen LogP contribution in [0.2, 0.25) is 0 Å². The van der Waals surface area contributed by atoms with Crippen LogP contribution in [0.5, 0.6) is 0 Å². The molecule has 0 aliphatic carbocycles. The molecule has 1 atom stereocenters. The minimum absolute atomic E-state index is 0.234. The third kappa shape index (κ3) is 5.49. The lowest BCUT2D eigenvalue weighted by Gasteiger charge is -2.30. The van der Waals surface area contributed by atoms with Crippen LogP contribution in [0, 0.1) is 11.8 Å². The van der Waals surface area contributed by atoms with Gasteiger partial charge in [-0.15, -0.1) is 0 Å². The smallest absolute Gasteiger partial charge is 0.220 e. The molecule has 0 aromatic heterocycles. The largest absolute Gasteiger partial charge is 0.355 e. The quantitative estimate of drug-likeness (QED) is 0.761. The van der Waals surface area contributed by atoms with Crippen molar-refractivity contribution in [3.63, 3.8) is 0 Å². The molecule has 110 valence electrons. The standard InChI is InChI=1S/C15H29N3O/c1-13-5-9-18(10-6-13)11-8-17-15(19)3-2-14-4-7-16-12-14/h13-14,16H,2-12H2,1H3,(H,17,19). The molecule has 0 spiro atoms. The van der Waals surface area contributed by atoms with Crippen molar-refractivity contribution in [2.75, 3.05) is 39.3 Å². The van der Waals surface area contributed by atoms with E-state index >= 15 is 0 Å². The van der Waals surface area contributed by atoms with Crippen molar-refractivity contribution in [3.8, 4) is 0 Å². The lowest BCUT2D eigenvalue weighted by Crippen LogP contribution is -2.39. The lowest BCUT2D eigenvalue weighted by atomic mass is 9.99. The van der Waals surface area contributed by atoms with E-state index in [0.29, 0.717) is 12.3 Å². The molecule has 2 rings (SSSR count). The SMILES string of the molecule is CC1CCN(CCNC(=O)CCC2CCNC2)CC1. The topological polar surface area (TPSA) is 44.4 Å². The normalized spacial score (nSPS) is 25.6. The Bertz CT molecular complexity index is 269. The minimum atomic E-state index is 0.234. The van der Waals surface area contributed by atoms with E-state index in [9.17, 15) is 4.79 Å². The molecule has 19 heavy (non-hydrogen) atoms. The Morgan fingerprint density at radius 1 is 1.32 bits per heavy atom. The van der Waals surface area contributed by atoms with Crippen LogP contribution in [-0.4, -0.2) is 50.1 Å². The second kappa shape index (κ2) is 7.85. The number of nitrogens with one attached hydrogen (secondary N) is 2. The van der Waals surface area contributed by atoms with Crippen LogP contribution in [0.15, 0.2) is 0 Å². The van der Waals surface area contributed by atoms with Gasteiger partial charge in [0.25, 0.3) is 0 Å². The van der Waals surface area contributed by atoms with Crippen LogP contribution >= 0.6 is 0 Å². The van der Waals surface area contributed by atoms with Crippen molar-refractivity contribution in [3.05, 3.63) is 0 Å².